The van der Waals surface area contributed by atoms with Gasteiger partial charge in [0.05, 0.1) is 6.10 Å². The van der Waals surface area contributed by atoms with Crippen molar-refractivity contribution in [3.63, 3.8) is 0 Å². The lowest BCUT2D eigenvalue weighted by Gasteiger charge is -2.21. The number of benzene rings is 2. The fraction of sp³-hybridized carbons (Fsp3) is 0.370. The van der Waals surface area contributed by atoms with Gasteiger partial charge in [-0.1, -0.05) is 54.2 Å². The van der Waals surface area contributed by atoms with Gasteiger partial charge >= 0.3 is 0 Å². The molecule has 1 atom stereocenters. The number of aryl methyl sites for hydroxylation is 1. The fourth-order valence-corrected chi connectivity index (χ4v) is 4.85. The Labute approximate surface area is 206 Å². The highest BCUT2D eigenvalue weighted by Crippen LogP contribution is 2.26. The van der Waals surface area contributed by atoms with Gasteiger partial charge in [0.2, 0.25) is 0 Å². The van der Waals surface area contributed by atoms with Crippen molar-refractivity contribution < 1.29 is 9.53 Å². The van der Waals surface area contributed by atoms with Crippen molar-refractivity contribution >= 4 is 23.5 Å². The van der Waals surface area contributed by atoms with Gasteiger partial charge in [0.1, 0.15) is 5.82 Å². The first-order valence-corrected chi connectivity index (χ1v) is 12.7. The molecule has 2 aromatic carbocycles. The molecule has 1 aliphatic rings. The van der Waals surface area contributed by atoms with Gasteiger partial charge < -0.3 is 15.0 Å². The number of hydrogen-bond acceptors (Lipinski definition) is 6. The van der Waals surface area contributed by atoms with Gasteiger partial charge in [-0.2, -0.15) is 0 Å². The molecule has 1 N–H and O–H groups in total. The molecule has 1 aromatic heterocycles. The van der Waals surface area contributed by atoms with Crippen molar-refractivity contribution in [2.24, 2.45) is 0 Å². The van der Waals surface area contributed by atoms with Crippen LogP contribution in [0, 0.1) is 13.8 Å². The zero-order valence-corrected chi connectivity index (χ0v) is 20.9. The lowest BCUT2D eigenvalue weighted by molar-refractivity contribution is 0.0857. The van der Waals surface area contributed by atoms with Crippen LogP contribution in [-0.4, -0.2) is 42.2 Å². The Morgan fingerprint density at radius 1 is 1.12 bits per heavy atom. The molecule has 0 radical (unpaired) electrons. The smallest absolute Gasteiger partial charge is 0.251 e. The van der Waals surface area contributed by atoms with Crippen LogP contribution < -0.4 is 10.2 Å². The second kappa shape index (κ2) is 11.5. The first kappa shape index (κ1) is 24.2. The van der Waals surface area contributed by atoms with Crippen molar-refractivity contribution in [3.05, 3.63) is 82.5 Å². The average molecular weight is 477 g/mol. The summed E-state index contributed by atoms with van der Waals surface area (Å²) in [6.07, 6.45) is 2.21. The van der Waals surface area contributed by atoms with Gasteiger partial charge in [-0.05, 0) is 49.9 Å². The Bertz CT molecular complexity index is 1120. The molecule has 1 saturated heterocycles. The van der Waals surface area contributed by atoms with E-state index in [1.165, 1.54) is 5.56 Å². The van der Waals surface area contributed by atoms with Gasteiger partial charge in [0, 0.05) is 49.3 Å². The maximum absolute atomic E-state index is 12.6. The molecule has 4 rings (SSSR count). The normalized spacial score (nSPS) is 15.3. The Morgan fingerprint density at radius 2 is 1.91 bits per heavy atom. The molecule has 2 heterocycles. The monoisotopic (exact) mass is 476 g/mol. The Kier molecular flexibility index (Phi) is 8.19. The van der Waals surface area contributed by atoms with E-state index in [0.717, 1.165) is 53.8 Å². The summed E-state index contributed by atoms with van der Waals surface area (Å²) in [4.78, 5) is 24.3. The lowest BCUT2D eigenvalue weighted by atomic mass is 10.1. The molecule has 1 unspecified atom stereocenters. The van der Waals surface area contributed by atoms with Gasteiger partial charge in [0.15, 0.2) is 5.16 Å². The minimum atomic E-state index is -0.0606. The zero-order chi connectivity index (χ0) is 23.9. The van der Waals surface area contributed by atoms with E-state index >= 15 is 0 Å². The predicted molar refractivity (Wildman–Crippen MR) is 137 cm³/mol. The summed E-state index contributed by atoms with van der Waals surface area (Å²) < 4.78 is 5.59. The molecule has 1 fully saturated rings. The summed E-state index contributed by atoms with van der Waals surface area (Å²) in [5.74, 6) is 1.58. The van der Waals surface area contributed by atoms with E-state index in [4.69, 9.17) is 14.7 Å². The van der Waals surface area contributed by atoms with Crippen molar-refractivity contribution in [2.75, 3.05) is 25.1 Å². The molecule has 0 saturated carbocycles. The quantitative estimate of drug-likeness (QED) is 0.349. The first-order valence-electron chi connectivity index (χ1n) is 11.7. The second-order valence-electron chi connectivity index (χ2n) is 8.72. The first-order chi connectivity index (χ1) is 16.5. The van der Waals surface area contributed by atoms with Crippen LogP contribution in [0.15, 0.2) is 59.8 Å². The number of hydrogen-bond donors (Lipinski definition) is 1. The van der Waals surface area contributed by atoms with Crippen LogP contribution in [0.4, 0.5) is 5.82 Å². The number of amides is 1. The molecule has 3 aromatic rings. The number of carbonyl (C=O) groups excluding carboxylic acids is 1. The largest absolute Gasteiger partial charge is 0.376 e. The average Bonchev–Trinajstić information content (AvgIpc) is 3.37. The van der Waals surface area contributed by atoms with Crippen LogP contribution in [-0.2, 0) is 17.0 Å². The summed E-state index contributed by atoms with van der Waals surface area (Å²) in [6, 6.07) is 18.1. The predicted octanol–water partition coefficient (Wildman–Crippen LogP) is 4.93. The van der Waals surface area contributed by atoms with Gasteiger partial charge in [0.25, 0.3) is 5.91 Å². The number of thioether (sulfide) groups is 1. The van der Waals surface area contributed by atoms with Crippen LogP contribution >= 0.6 is 11.8 Å². The number of anilines is 1. The third-order valence-electron chi connectivity index (χ3n) is 6.04. The number of ether oxygens (including phenoxy) is 1. The fourth-order valence-electron chi connectivity index (χ4n) is 4.02. The topological polar surface area (TPSA) is 67.3 Å². The highest BCUT2D eigenvalue weighted by molar-refractivity contribution is 7.98. The maximum Gasteiger partial charge on any atom is 0.251 e. The van der Waals surface area contributed by atoms with Gasteiger partial charge in [-0.25, -0.2) is 9.97 Å². The number of nitrogens with one attached hydrogen (secondary N) is 1. The van der Waals surface area contributed by atoms with Gasteiger partial charge in [-0.15, -0.1) is 0 Å². The minimum Gasteiger partial charge on any atom is -0.376 e. The maximum atomic E-state index is 12.6. The molecule has 6 nitrogen and oxygen atoms in total. The number of nitrogens with zero attached hydrogens (tertiary/aromatic N) is 3. The van der Waals surface area contributed by atoms with Gasteiger partial charge in [-0.3, -0.25) is 4.79 Å². The molecule has 178 valence electrons. The molecular formula is C27H32N4O2S. The lowest BCUT2D eigenvalue weighted by Crippen LogP contribution is -2.31. The Hall–Kier alpha value is -2.90. The van der Waals surface area contributed by atoms with E-state index in [1.54, 1.807) is 11.8 Å². The molecule has 0 aliphatic carbocycles. The van der Waals surface area contributed by atoms with Crippen molar-refractivity contribution in [2.45, 2.75) is 50.2 Å². The molecule has 0 spiro atoms. The van der Waals surface area contributed by atoms with Crippen LogP contribution in [0.5, 0.6) is 0 Å². The van der Waals surface area contributed by atoms with Crippen LogP contribution in [0.25, 0.3) is 0 Å². The highest BCUT2D eigenvalue weighted by Gasteiger charge is 2.17. The molecule has 1 aliphatic heterocycles. The van der Waals surface area contributed by atoms with E-state index in [-0.39, 0.29) is 12.0 Å². The standard InChI is InChI=1S/C27H32N4O2S/c1-19-20(2)29-27(30-25(19)31(3)17-21-9-5-4-6-10-21)34-18-22-11-7-12-23(15-22)26(32)28-16-24-13-8-14-33-24/h4-7,9-12,15,24H,8,13-14,16-18H2,1-3H3,(H,28,32). The third kappa shape index (κ3) is 6.36. The molecule has 0 bridgehead atoms. The Balaban J connectivity index is 1.40. The minimum absolute atomic E-state index is 0.0606. The molecule has 7 heteroatoms. The Morgan fingerprint density at radius 3 is 2.68 bits per heavy atom. The second-order valence-corrected chi connectivity index (χ2v) is 9.66. The van der Waals surface area contributed by atoms with E-state index in [9.17, 15) is 4.79 Å². The number of carbonyl (C=O) groups is 1. The molecule has 1 amide bonds. The van der Waals surface area contributed by atoms with Crippen molar-refractivity contribution in [1.29, 1.82) is 0 Å². The summed E-state index contributed by atoms with van der Waals surface area (Å²) in [6.45, 7) is 6.23. The molecular weight excluding hydrogens is 444 g/mol. The van der Waals surface area contributed by atoms with Crippen LogP contribution in [0.2, 0.25) is 0 Å². The van der Waals surface area contributed by atoms with Crippen molar-refractivity contribution in [1.82, 2.24) is 15.3 Å². The number of aromatic nitrogens is 2. The van der Waals surface area contributed by atoms with E-state index in [2.05, 4.69) is 48.5 Å². The van der Waals surface area contributed by atoms with E-state index < -0.39 is 0 Å². The SMILES string of the molecule is Cc1nc(SCc2cccc(C(=O)NCC3CCCO3)c2)nc(N(C)Cc2ccccc2)c1C. The van der Waals surface area contributed by atoms with E-state index in [0.29, 0.717) is 17.9 Å². The van der Waals surface area contributed by atoms with Crippen LogP contribution in [0.3, 0.4) is 0 Å². The highest BCUT2D eigenvalue weighted by atomic mass is 32.2. The number of rotatable bonds is 9. The zero-order valence-electron chi connectivity index (χ0n) is 20.1. The summed E-state index contributed by atoms with van der Waals surface area (Å²) in [5, 5.41) is 3.74. The third-order valence-corrected chi connectivity index (χ3v) is 6.96. The van der Waals surface area contributed by atoms with Crippen molar-refractivity contribution in [3.8, 4) is 0 Å². The summed E-state index contributed by atoms with van der Waals surface area (Å²) >= 11 is 1.59. The summed E-state index contributed by atoms with van der Waals surface area (Å²) in [7, 11) is 2.06. The molecule has 34 heavy (non-hydrogen) atoms. The van der Waals surface area contributed by atoms with Crippen LogP contribution in [0.1, 0.15) is 45.6 Å². The van der Waals surface area contributed by atoms with E-state index in [1.807, 2.05) is 37.3 Å². The summed E-state index contributed by atoms with van der Waals surface area (Å²) in [5.41, 5.74) is 5.04.